The third kappa shape index (κ3) is 4.58. The number of rotatable bonds is 6. The Hall–Kier alpha value is -3.54. The van der Waals surface area contributed by atoms with Crippen molar-refractivity contribution in [2.24, 2.45) is 5.41 Å². The van der Waals surface area contributed by atoms with Crippen molar-refractivity contribution in [3.8, 4) is 11.5 Å². The highest BCUT2D eigenvalue weighted by molar-refractivity contribution is 6.04. The molecule has 1 aliphatic carbocycles. The maximum atomic E-state index is 13.4. The van der Waals surface area contributed by atoms with Crippen LogP contribution in [0.5, 0.6) is 11.5 Å². The van der Waals surface area contributed by atoms with Gasteiger partial charge in [0.25, 0.3) is 0 Å². The summed E-state index contributed by atoms with van der Waals surface area (Å²) in [6.07, 6.45) is 1.13. The molecule has 0 radical (unpaired) electrons. The molecule has 34 heavy (non-hydrogen) atoms. The molecule has 0 saturated heterocycles. The van der Waals surface area contributed by atoms with Crippen molar-refractivity contribution in [2.75, 3.05) is 14.2 Å². The topological polar surface area (TPSA) is 73.9 Å². The molecule has 2 aromatic carbocycles. The standard InChI is InChI=1S/C28H31NO5/c1-17-24(27(31)33-5)25(26-21(29-17)14-28(2,3)15-22(26)30)20-12-11-19(13-23(20)32-4)34-16-18-9-7-6-8-10-18/h6-13,25,29H,14-16H2,1-5H3/t25-/m1/s1. The van der Waals surface area contributed by atoms with Gasteiger partial charge in [-0.3, -0.25) is 4.79 Å². The van der Waals surface area contributed by atoms with Crippen molar-refractivity contribution in [1.82, 2.24) is 5.32 Å². The van der Waals surface area contributed by atoms with E-state index >= 15 is 0 Å². The van der Waals surface area contributed by atoms with Crippen molar-refractivity contribution in [3.05, 3.63) is 82.2 Å². The molecular formula is C28H31NO5. The molecule has 178 valence electrons. The van der Waals surface area contributed by atoms with E-state index < -0.39 is 11.9 Å². The molecule has 0 amide bonds. The monoisotopic (exact) mass is 461 g/mol. The number of methoxy groups -OCH3 is 2. The number of ether oxygens (including phenoxy) is 3. The molecule has 0 aromatic heterocycles. The number of nitrogens with one attached hydrogen (secondary N) is 1. The number of hydrogen-bond acceptors (Lipinski definition) is 6. The lowest BCUT2D eigenvalue weighted by Crippen LogP contribution is -2.38. The largest absolute Gasteiger partial charge is 0.496 e. The van der Waals surface area contributed by atoms with E-state index in [0.717, 1.165) is 23.2 Å². The summed E-state index contributed by atoms with van der Waals surface area (Å²) in [6, 6.07) is 15.4. The van der Waals surface area contributed by atoms with Crippen LogP contribution in [0.2, 0.25) is 0 Å². The van der Waals surface area contributed by atoms with E-state index in [1.165, 1.54) is 7.11 Å². The second-order valence-corrected chi connectivity index (χ2v) is 9.60. The average Bonchev–Trinajstić information content (AvgIpc) is 2.81. The van der Waals surface area contributed by atoms with Gasteiger partial charge in [-0.05, 0) is 30.4 Å². The predicted octanol–water partition coefficient (Wildman–Crippen LogP) is 5.05. The zero-order valence-corrected chi connectivity index (χ0v) is 20.4. The zero-order valence-electron chi connectivity index (χ0n) is 20.4. The summed E-state index contributed by atoms with van der Waals surface area (Å²) in [5.41, 5.74) is 4.22. The second kappa shape index (κ2) is 9.37. The van der Waals surface area contributed by atoms with Crippen molar-refractivity contribution in [1.29, 1.82) is 0 Å². The van der Waals surface area contributed by atoms with Gasteiger partial charge in [0.1, 0.15) is 18.1 Å². The first-order chi connectivity index (χ1) is 16.2. The van der Waals surface area contributed by atoms with E-state index in [0.29, 0.717) is 41.4 Å². The fraction of sp³-hybridized carbons (Fsp3) is 0.357. The SMILES string of the molecule is COC(=O)C1=C(C)NC2=C(C(=O)CC(C)(C)C2)[C@@H]1c1ccc(OCc2ccccc2)cc1OC. The highest BCUT2D eigenvalue weighted by Crippen LogP contribution is 2.49. The Labute approximate surface area is 200 Å². The normalized spacial score (nSPS) is 19.3. The van der Waals surface area contributed by atoms with Crippen LogP contribution in [-0.4, -0.2) is 26.0 Å². The van der Waals surface area contributed by atoms with Crippen LogP contribution in [0.4, 0.5) is 0 Å². The number of benzene rings is 2. The number of hydrogen-bond donors (Lipinski definition) is 1. The van der Waals surface area contributed by atoms with Crippen molar-refractivity contribution < 1.29 is 23.8 Å². The molecule has 0 spiro atoms. The first-order valence-electron chi connectivity index (χ1n) is 11.4. The molecule has 2 aromatic rings. The zero-order chi connectivity index (χ0) is 24.5. The number of carbonyl (C=O) groups excluding carboxylic acids is 2. The van der Waals surface area contributed by atoms with E-state index in [1.807, 2.05) is 55.5 Å². The molecule has 0 fully saturated rings. The van der Waals surface area contributed by atoms with Crippen LogP contribution in [0, 0.1) is 5.41 Å². The van der Waals surface area contributed by atoms with Gasteiger partial charge in [0.2, 0.25) is 0 Å². The van der Waals surface area contributed by atoms with E-state index in [1.54, 1.807) is 7.11 Å². The number of carbonyl (C=O) groups is 2. The van der Waals surface area contributed by atoms with Crippen LogP contribution in [0.3, 0.4) is 0 Å². The number of dihydropyridines is 1. The Balaban J connectivity index is 1.76. The first-order valence-corrected chi connectivity index (χ1v) is 11.4. The van der Waals surface area contributed by atoms with Crippen molar-refractivity contribution >= 4 is 11.8 Å². The Morgan fingerprint density at radius 3 is 2.50 bits per heavy atom. The Morgan fingerprint density at radius 1 is 1.09 bits per heavy atom. The van der Waals surface area contributed by atoms with Crippen LogP contribution in [0.15, 0.2) is 71.1 Å². The fourth-order valence-corrected chi connectivity index (χ4v) is 4.89. The third-order valence-electron chi connectivity index (χ3n) is 6.41. The van der Waals surface area contributed by atoms with Crippen LogP contribution >= 0.6 is 0 Å². The Morgan fingerprint density at radius 2 is 1.82 bits per heavy atom. The minimum absolute atomic E-state index is 0.0316. The number of Topliss-reactive ketones (excluding diaryl/α,β-unsaturated/α-hetero) is 1. The first kappa shape index (κ1) is 23.6. The van der Waals surface area contributed by atoms with Gasteiger partial charge in [-0.2, -0.15) is 0 Å². The summed E-state index contributed by atoms with van der Waals surface area (Å²) < 4.78 is 16.8. The van der Waals surface area contributed by atoms with Crippen LogP contribution in [0.25, 0.3) is 0 Å². The maximum absolute atomic E-state index is 13.4. The lowest BCUT2D eigenvalue weighted by atomic mass is 9.68. The van der Waals surface area contributed by atoms with Gasteiger partial charge in [0.05, 0.1) is 25.7 Å². The number of esters is 1. The molecule has 0 bridgehead atoms. The molecule has 6 heteroatoms. The van der Waals surface area contributed by atoms with E-state index in [4.69, 9.17) is 14.2 Å². The molecule has 1 heterocycles. The smallest absolute Gasteiger partial charge is 0.336 e. The van der Waals surface area contributed by atoms with Gasteiger partial charge in [-0.25, -0.2) is 4.79 Å². The summed E-state index contributed by atoms with van der Waals surface area (Å²) in [7, 11) is 2.93. The number of ketones is 1. The van der Waals surface area contributed by atoms with Gasteiger partial charge >= 0.3 is 5.97 Å². The quantitative estimate of drug-likeness (QED) is 0.607. The molecule has 4 rings (SSSR count). The lowest BCUT2D eigenvalue weighted by Gasteiger charge is -2.39. The third-order valence-corrected chi connectivity index (χ3v) is 6.41. The summed E-state index contributed by atoms with van der Waals surface area (Å²) in [6.45, 7) is 6.43. The summed E-state index contributed by atoms with van der Waals surface area (Å²) >= 11 is 0. The minimum Gasteiger partial charge on any atom is -0.496 e. The molecule has 6 nitrogen and oxygen atoms in total. The molecule has 1 aliphatic heterocycles. The van der Waals surface area contributed by atoms with E-state index in [2.05, 4.69) is 19.2 Å². The second-order valence-electron chi connectivity index (χ2n) is 9.60. The summed E-state index contributed by atoms with van der Waals surface area (Å²) in [4.78, 5) is 26.3. The predicted molar refractivity (Wildman–Crippen MR) is 129 cm³/mol. The minimum atomic E-state index is -0.578. The molecule has 2 aliphatic rings. The number of allylic oxidation sites excluding steroid dienone is 3. The van der Waals surface area contributed by atoms with E-state index in [9.17, 15) is 9.59 Å². The van der Waals surface area contributed by atoms with Gasteiger partial charge in [0.15, 0.2) is 5.78 Å². The van der Waals surface area contributed by atoms with Crippen LogP contribution < -0.4 is 14.8 Å². The highest BCUT2D eigenvalue weighted by atomic mass is 16.5. The van der Waals surface area contributed by atoms with Crippen molar-refractivity contribution in [3.63, 3.8) is 0 Å². The Kier molecular flexibility index (Phi) is 6.51. The van der Waals surface area contributed by atoms with Crippen LogP contribution in [0.1, 0.15) is 50.7 Å². The van der Waals surface area contributed by atoms with Gasteiger partial charge in [-0.15, -0.1) is 0 Å². The van der Waals surface area contributed by atoms with Gasteiger partial charge in [-0.1, -0.05) is 50.2 Å². The molecular weight excluding hydrogens is 430 g/mol. The molecule has 0 unspecified atom stereocenters. The van der Waals surface area contributed by atoms with Crippen LogP contribution in [-0.2, 0) is 20.9 Å². The van der Waals surface area contributed by atoms with Gasteiger partial charge in [0, 0.05) is 35.0 Å². The van der Waals surface area contributed by atoms with E-state index in [-0.39, 0.29) is 11.2 Å². The molecule has 1 atom stereocenters. The summed E-state index contributed by atoms with van der Waals surface area (Å²) in [5, 5.41) is 3.33. The van der Waals surface area contributed by atoms with Crippen molar-refractivity contribution in [2.45, 2.75) is 46.1 Å². The maximum Gasteiger partial charge on any atom is 0.336 e. The average molecular weight is 462 g/mol. The molecule has 1 N–H and O–H groups in total. The lowest BCUT2D eigenvalue weighted by molar-refractivity contribution is -0.136. The molecule has 0 saturated carbocycles. The summed E-state index contributed by atoms with van der Waals surface area (Å²) in [5.74, 6) is 0.181. The fourth-order valence-electron chi connectivity index (χ4n) is 4.89. The highest BCUT2D eigenvalue weighted by Gasteiger charge is 2.43. The Bertz CT molecular complexity index is 1180. The van der Waals surface area contributed by atoms with Gasteiger partial charge < -0.3 is 19.5 Å².